The summed E-state index contributed by atoms with van der Waals surface area (Å²) >= 11 is 6.10. The highest BCUT2D eigenvalue weighted by Gasteiger charge is 2.13. The number of non-ortho nitro benzene ring substituents is 1. The molecule has 9 heteroatoms. The molecule has 0 radical (unpaired) electrons. The van der Waals surface area contributed by atoms with E-state index in [-0.39, 0.29) is 17.2 Å². The summed E-state index contributed by atoms with van der Waals surface area (Å²) in [6, 6.07) is 12.8. The number of benzene rings is 2. The van der Waals surface area contributed by atoms with Crippen LogP contribution in [0.4, 0.5) is 11.6 Å². The molecule has 0 aliphatic rings. The SMILES string of the molecule is O=C(Nc1ncn(Cc2ccccc2Cl)n1)c1cccc([N+](=O)[O-])c1. The fourth-order valence-corrected chi connectivity index (χ4v) is 2.36. The van der Waals surface area contributed by atoms with E-state index >= 15 is 0 Å². The Hall–Kier alpha value is -3.26. The molecule has 126 valence electrons. The number of halogens is 1. The molecule has 0 atom stereocenters. The van der Waals surface area contributed by atoms with Crippen LogP contribution in [0.2, 0.25) is 5.02 Å². The Kier molecular flexibility index (Phi) is 4.71. The van der Waals surface area contributed by atoms with Gasteiger partial charge in [-0.1, -0.05) is 35.9 Å². The molecule has 3 aromatic rings. The van der Waals surface area contributed by atoms with Crippen molar-refractivity contribution in [1.29, 1.82) is 0 Å². The van der Waals surface area contributed by atoms with Crippen molar-refractivity contribution in [3.8, 4) is 0 Å². The topological polar surface area (TPSA) is 103 Å². The lowest BCUT2D eigenvalue weighted by Gasteiger charge is -2.03. The van der Waals surface area contributed by atoms with Gasteiger partial charge in [0.15, 0.2) is 0 Å². The summed E-state index contributed by atoms with van der Waals surface area (Å²) in [5, 5.41) is 18.0. The van der Waals surface area contributed by atoms with Gasteiger partial charge in [0, 0.05) is 22.7 Å². The van der Waals surface area contributed by atoms with Crippen LogP contribution in [-0.2, 0) is 6.54 Å². The van der Waals surface area contributed by atoms with Gasteiger partial charge in [-0.25, -0.2) is 9.67 Å². The quantitative estimate of drug-likeness (QED) is 0.558. The smallest absolute Gasteiger partial charge is 0.270 e. The van der Waals surface area contributed by atoms with Crippen LogP contribution < -0.4 is 5.32 Å². The molecular weight excluding hydrogens is 346 g/mol. The molecule has 0 aliphatic heterocycles. The number of nitro benzene ring substituents is 1. The number of nitro groups is 1. The Labute approximate surface area is 147 Å². The monoisotopic (exact) mass is 357 g/mol. The van der Waals surface area contributed by atoms with E-state index in [1.54, 1.807) is 6.07 Å². The van der Waals surface area contributed by atoms with Gasteiger partial charge in [0.25, 0.3) is 11.6 Å². The molecule has 0 aliphatic carbocycles. The van der Waals surface area contributed by atoms with Crippen molar-refractivity contribution in [1.82, 2.24) is 14.8 Å². The van der Waals surface area contributed by atoms with E-state index in [1.165, 1.54) is 35.3 Å². The standard InChI is InChI=1S/C16H12ClN5O3/c17-14-7-2-1-4-12(14)9-21-10-18-16(20-21)19-15(23)11-5-3-6-13(8-11)22(24)25/h1-8,10H,9H2,(H,19,20,23). The fourth-order valence-electron chi connectivity index (χ4n) is 2.16. The Morgan fingerprint density at radius 1 is 1.24 bits per heavy atom. The second-order valence-electron chi connectivity index (χ2n) is 5.12. The predicted molar refractivity (Wildman–Crippen MR) is 91.6 cm³/mol. The van der Waals surface area contributed by atoms with Crippen LogP contribution >= 0.6 is 11.6 Å². The molecule has 0 fully saturated rings. The third-order valence-corrected chi connectivity index (χ3v) is 3.74. The highest BCUT2D eigenvalue weighted by molar-refractivity contribution is 6.31. The summed E-state index contributed by atoms with van der Waals surface area (Å²) < 4.78 is 1.53. The molecule has 0 unspecified atom stereocenters. The van der Waals surface area contributed by atoms with Crippen LogP contribution in [0.25, 0.3) is 0 Å². The largest absolute Gasteiger partial charge is 0.289 e. The maximum absolute atomic E-state index is 12.2. The normalized spacial score (nSPS) is 10.4. The van der Waals surface area contributed by atoms with E-state index in [0.717, 1.165) is 5.56 Å². The van der Waals surface area contributed by atoms with Gasteiger partial charge in [-0.15, -0.1) is 5.10 Å². The molecule has 0 bridgehead atoms. The zero-order valence-electron chi connectivity index (χ0n) is 12.8. The molecule has 25 heavy (non-hydrogen) atoms. The Bertz CT molecular complexity index is 941. The molecule has 1 aromatic heterocycles. The number of aromatic nitrogens is 3. The first-order valence-electron chi connectivity index (χ1n) is 7.21. The van der Waals surface area contributed by atoms with Crippen molar-refractivity contribution >= 4 is 29.1 Å². The van der Waals surface area contributed by atoms with Crippen molar-refractivity contribution in [3.05, 3.63) is 81.1 Å². The molecule has 3 rings (SSSR count). The van der Waals surface area contributed by atoms with E-state index in [1.807, 2.05) is 18.2 Å². The van der Waals surface area contributed by atoms with Crippen LogP contribution in [-0.4, -0.2) is 25.6 Å². The van der Waals surface area contributed by atoms with E-state index in [9.17, 15) is 14.9 Å². The van der Waals surface area contributed by atoms with Gasteiger partial charge < -0.3 is 0 Å². The summed E-state index contributed by atoms with van der Waals surface area (Å²) in [5.74, 6) is -0.428. The van der Waals surface area contributed by atoms with Crippen molar-refractivity contribution in [2.75, 3.05) is 5.32 Å². The number of rotatable bonds is 5. The van der Waals surface area contributed by atoms with Crippen LogP contribution in [0.1, 0.15) is 15.9 Å². The Morgan fingerprint density at radius 2 is 2.04 bits per heavy atom. The molecule has 1 heterocycles. The minimum Gasteiger partial charge on any atom is -0.289 e. The first kappa shape index (κ1) is 16.6. The van der Waals surface area contributed by atoms with Gasteiger partial charge >= 0.3 is 0 Å². The third-order valence-electron chi connectivity index (χ3n) is 3.37. The predicted octanol–water partition coefficient (Wildman–Crippen LogP) is 3.14. The van der Waals surface area contributed by atoms with E-state index in [4.69, 9.17) is 11.6 Å². The number of anilines is 1. The number of nitrogens with zero attached hydrogens (tertiary/aromatic N) is 4. The number of amides is 1. The van der Waals surface area contributed by atoms with Gasteiger partial charge in [0.1, 0.15) is 6.33 Å². The maximum Gasteiger partial charge on any atom is 0.270 e. The van der Waals surface area contributed by atoms with E-state index in [0.29, 0.717) is 11.6 Å². The summed E-state index contributed by atoms with van der Waals surface area (Å²) in [4.78, 5) is 26.4. The number of hydrogen-bond donors (Lipinski definition) is 1. The van der Waals surface area contributed by atoms with Crippen LogP contribution in [0.15, 0.2) is 54.9 Å². The molecule has 2 aromatic carbocycles. The first-order chi connectivity index (χ1) is 12.0. The average Bonchev–Trinajstić information content (AvgIpc) is 3.04. The molecule has 1 N–H and O–H groups in total. The lowest BCUT2D eigenvalue weighted by atomic mass is 10.2. The highest BCUT2D eigenvalue weighted by Crippen LogP contribution is 2.16. The summed E-state index contributed by atoms with van der Waals surface area (Å²) in [6.45, 7) is 0.402. The molecule has 1 amide bonds. The minimum atomic E-state index is -0.562. The van der Waals surface area contributed by atoms with Crippen molar-refractivity contribution in [2.45, 2.75) is 6.54 Å². The van der Waals surface area contributed by atoms with Crippen molar-refractivity contribution < 1.29 is 9.72 Å². The lowest BCUT2D eigenvalue weighted by molar-refractivity contribution is -0.384. The van der Waals surface area contributed by atoms with E-state index in [2.05, 4.69) is 15.4 Å². The van der Waals surface area contributed by atoms with Gasteiger partial charge in [0.2, 0.25) is 5.95 Å². The van der Waals surface area contributed by atoms with Gasteiger partial charge in [-0.3, -0.25) is 20.2 Å². The Balaban J connectivity index is 1.71. The maximum atomic E-state index is 12.2. The summed E-state index contributed by atoms with van der Waals surface area (Å²) in [6.07, 6.45) is 1.46. The molecule has 0 saturated heterocycles. The van der Waals surface area contributed by atoms with Crippen molar-refractivity contribution in [3.63, 3.8) is 0 Å². The molecular formula is C16H12ClN5O3. The Morgan fingerprint density at radius 3 is 2.80 bits per heavy atom. The zero-order chi connectivity index (χ0) is 17.8. The van der Waals surface area contributed by atoms with Crippen molar-refractivity contribution in [2.24, 2.45) is 0 Å². The second kappa shape index (κ2) is 7.10. The van der Waals surface area contributed by atoms with Crippen LogP contribution in [0.3, 0.4) is 0 Å². The van der Waals surface area contributed by atoms with Gasteiger partial charge in [-0.05, 0) is 17.7 Å². The van der Waals surface area contributed by atoms with Crippen LogP contribution in [0, 0.1) is 10.1 Å². The zero-order valence-corrected chi connectivity index (χ0v) is 13.6. The number of carbonyl (C=O) groups excluding carboxylic acids is 1. The summed E-state index contributed by atoms with van der Waals surface area (Å²) in [7, 11) is 0. The fraction of sp³-hybridized carbons (Fsp3) is 0.0625. The van der Waals surface area contributed by atoms with Gasteiger partial charge in [-0.2, -0.15) is 0 Å². The second-order valence-corrected chi connectivity index (χ2v) is 5.53. The van der Waals surface area contributed by atoms with E-state index < -0.39 is 10.8 Å². The highest BCUT2D eigenvalue weighted by atomic mass is 35.5. The van der Waals surface area contributed by atoms with Crippen LogP contribution in [0.5, 0.6) is 0 Å². The first-order valence-corrected chi connectivity index (χ1v) is 7.59. The molecule has 0 spiro atoms. The lowest BCUT2D eigenvalue weighted by Crippen LogP contribution is -2.13. The number of hydrogen-bond acceptors (Lipinski definition) is 5. The minimum absolute atomic E-state index is 0.101. The summed E-state index contributed by atoms with van der Waals surface area (Å²) in [5.41, 5.74) is 0.854. The average molecular weight is 358 g/mol. The van der Waals surface area contributed by atoms with Gasteiger partial charge in [0.05, 0.1) is 11.5 Å². The number of nitrogens with one attached hydrogen (secondary N) is 1. The number of carbonyl (C=O) groups is 1. The third kappa shape index (κ3) is 3.99. The molecule has 0 saturated carbocycles. The molecule has 8 nitrogen and oxygen atoms in total.